The Morgan fingerprint density at radius 1 is 1.11 bits per heavy atom. The van der Waals surface area contributed by atoms with Gasteiger partial charge < -0.3 is 19.7 Å². The third-order valence-electron chi connectivity index (χ3n) is 7.26. The van der Waals surface area contributed by atoms with E-state index in [0.29, 0.717) is 12.0 Å². The predicted octanol–water partition coefficient (Wildman–Crippen LogP) is 2.05. The lowest BCUT2D eigenvalue weighted by Gasteiger charge is -2.56. The largest absolute Gasteiger partial charge is 0.493 e. The van der Waals surface area contributed by atoms with E-state index in [0.717, 1.165) is 52.8 Å². The molecule has 5 nitrogen and oxygen atoms in total. The minimum atomic E-state index is 0.162. The van der Waals surface area contributed by atoms with Crippen molar-refractivity contribution in [1.29, 1.82) is 0 Å². The number of para-hydroxylation sites is 1. The smallest absolute Gasteiger partial charge is 0.275 e. The second kappa shape index (κ2) is 7.94. The fourth-order valence-corrected chi connectivity index (χ4v) is 6.61. The number of likely N-dealkylation sites (N-methyl/N-ethyl adjacent to an activating group) is 1. The summed E-state index contributed by atoms with van der Waals surface area (Å²) < 4.78 is 10.9. The molecule has 1 aromatic rings. The Balaban J connectivity index is 1.30. The van der Waals surface area contributed by atoms with Crippen LogP contribution in [0.25, 0.3) is 0 Å². The topological polar surface area (TPSA) is 52.0 Å². The highest BCUT2D eigenvalue weighted by Crippen LogP contribution is 2.59. The Morgan fingerprint density at radius 3 is 2.32 bits per heavy atom. The van der Waals surface area contributed by atoms with Crippen LogP contribution in [0.4, 0.5) is 0 Å². The highest BCUT2D eigenvalue weighted by molar-refractivity contribution is 5.76. The first-order valence-electron chi connectivity index (χ1n) is 10.8. The van der Waals surface area contributed by atoms with Crippen LogP contribution >= 0.6 is 0 Å². The molecule has 28 heavy (non-hydrogen) atoms. The maximum Gasteiger partial charge on any atom is 0.275 e. The number of quaternary nitrogens is 1. The molecule has 0 saturated heterocycles. The molecule has 5 rings (SSSR count). The molecule has 4 aliphatic rings. The van der Waals surface area contributed by atoms with Crippen LogP contribution in [-0.2, 0) is 11.3 Å². The molecule has 1 aromatic carbocycles. The van der Waals surface area contributed by atoms with E-state index in [-0.39, 0.29) is 5.91 Å². The van der Waals surface area contributed by atoms with E-state index in [4.69, 9.17) is 9.47 Å². The minimum absolute atomic E-state index is 0.162. The lowest BCUT2D eigenvalue weighted by molar-refractivity contribution is -0.885. The van der Waals surface area contributed by atoms with Gasteiger partial charge in [-0.2, -0.15) is 0 Å². The summed E-state index contributed by atoms with van der Waals surface area (Å²) in [5.41, 5.74) is 1.46. The number of nitrogens with one attached hydrogen (secondary N) is 2. The fraction of sp³-hybridized carbons (Fsp3) is 0.696. The average Bonchev–Trinajstić information content (AvgIpc) is 2.65. The summed E-state index contributed by atoms with van der Waals surface area (Å²) in [7, 11) is 5.37. The molecular weight excluding hydrogens is 352 g/mol. The van der Waals surface area contributed by atoms with Crippen LogP contribution in [0.15, 0.2) is 18.2 Å². The Morgan fingerprint density at radius 2 is 1.75 bits per heavy atom. The van der Waals surface area contributed by atoms with Crippen molar-refractivity contribution in [2.24, 2.45) is 23.2 Å². The van der Waals surface area contributed by atoms with Crippen molar-refractivity contribution in [2.45, 2.75) is 45.1 Å². The Hall–Kier alpha value is -1.75. The number of benzene rings is 1. The average molecular weight is 388 g/mol. The number of ether oxygens (including phenoxy) is 2. The van der Waals surface area contributed by atoms with Gasteiger partial charge >= 0.3 is 0 Å². The van der Waals surface area contributed by atoms with Gasteiger partial charge in [0.2, 0.25) is 0 Å². The standard InChI is InChI=1S/C23H34N2O3/c1-25(13-19-5-4-6-20(27-2)22(19)28-3)14-21(26)24-15-23-10-16-7-17(11-23)9-18(8-16)12-23/h4-6,16-18H,7-15H2,1-3H3,(H,24,26)/p+1. The molecule has 1 atom stereocenters. The van der Waals surface area contributed by atoms with Gasteiger partial charge in [-0.3, -0.25) is 4.79 Å². The lowest BCUT2D eigenvalue weighted by atomic mass is 9.49. The molecule has 4 aliphatic carbocycles. The molecule has 0 heterocycles. The molecule has 4 fully saturated rings. The molecule has 0 aliphatic heterocycles. The number of carbonyl (C=O) groups is 1. The van der Waals surface area contributed by atoms with Crippen molar-refractivity contribution in [3.63, 3.8) is 0 Å². The van der Waals surface area contributed by atoms with Crippen LogP contribution in [0.3, 0.4) is 0 Å². The van der Waals surface area contributed by atoms with Crippen molar-refractivity contribution >= 4 is 5.91 Å². The maximum absolute atomic E-state index is 12.6. The second-order valence-corrected chi connectivity index (χ2v) is 9.66. The molecule has 0 radical (unpaired) electrons. The van der Waals surface area contributed by atoms with Crippen LogP contribution in [-0.4, -0.2) is 40.3 Å². The third kappa shape index (κ3) is 4.00. The maximum atomic E-state index is 12.6. The van der Waals surface area contributed by atoms with Crippen LogP contribution in [0, 0.1) is 23.2 Å². The monoisotopic (exact) mass is 387 g/mol. The summed E-state index contributed by atoms with van der Waals surface area (Å²) in [6.07, 6.45) is 8.35. The summed E-state index contributed by atoms with van der Waals surface area (Å²) >= 11 is 0. The molecule has 154 valence electrons. The zero-order valence-electron chi connectivity index (χ0n) is 17.6. The van der Waals surface area contributed by atoms with Crippen LogP contribution in [0.5, 0.6) is 11.5 Å². The summed E-state index contributed by atoms with van der Waals surface area (Å²) in [5, 5.41) is 3.29. The highest BCUT2D eigenvalue weighted by Gasteiger charge is 2.50. The highest BCUT2D eigenvalue weighted by atomic mass is 16.5. The van der Waals surface area contributed by atoms with Gasteiger partial charge in [0.05, 0.1) is 26.8 Å². The zero-order valence-corrected chi connectivity index (χ0v) is 17.6. The molecule has 1 amide bonds. The van der Waals surface area contributed by atoms with Crippen molar-refractivity contribution in [3.8, 4) is 11.5 Å². The molecule has 4 bridgehead atoms. The molecule has 4 saturated carbocycles. The quantitative estimate of drug-likeness (QED) is 0.718. The van der Waals surface area contributed by atoms with E-state index >= 15 is 0 Å². The van der Waals surface area contributed by atoms with Gasteiger partial charge in [-0.05, 0) is 73.8 Å². The number of amides is 1. The van der Waals surface area contributed by atoms with Gasteiger partial charge in [-0.1, -0.05) is 6.07 Å². The van der Waals surface area contributed by atoms with Gasteiger partial charge in [0.15, 0.2) is 18.0 Å². The fourth-order valence-electron chi connectivity index (χ4n) is 6.61. The number of methoxy groups -OCH3 is 2. The van der Waals surface area contributed by atoms with Gasteiger partial charge in [-0.15, -0.1) is 0 Å². The first-order chi connectivity index (χ1) is 13.5. The minimum Gasteiger partial charge on any atom is -0.493 e. The van der Waals surface area contributed by atoms with Gasteiger partial charge in [0.25, 0.3) is 5.91 Å². The van der Waals surface area contributed by atoms with Crippen LogP contribution in [0.1, 0.15) is 44.1 Å². The molecule has 2 N–H and O–H groups in total. The lowest BCUT2D eigenvalue weighted by Crippen LogP contribution is -3.08. The van der Waals surface area contributed by atoms with Crippen molar-refractivity contribution in [2.75, 3.05) is 34.4 Å². The van der Waals surface area contributed by atoms with E-state index in [1.165, 1.54) is 38.5 Å². The Kier molecular flexibility index (Phi) is 5.55. The third-order valence-corrected chi connectivity index (χ3v) is 7.26. The van der Waals surface area contributed by atoms with E-state index in [1.807, 2.05) is 18.2 Å². The molecule has 1 unspecified atom stereocenters. The second-order valence-electron chi connectivity index (χ2n) is 9.66. The van der Waals surface area contributed by atoms with Gasteiger partial charge in [0.1, 0.15) is 6.54 Å². The molecule has 0 spiro atoms. The predicted molar refractivity (Wildman–Crippen MR) is 109 cm³/mol. The molecular formula is C23H35N2O3+. The summed E-state index contributed by atoms with van der Waals surface area (Å²) in [6, 6.07) is 5.91. The van der Waals surface area contributed by atoms with Crippen LogP contribution in [0.2, 0.25) is 0 Å². The first-order valence-corrected chi connectivity index (χ1v) is 10.8. The number of hydrogen-bond donors (Lipinski definition) is 2. The normalized spacial score (nSPS) is 31.5. The van der Waals surface area contributed by atoms with E-state index in [1.54, 1.807) is 14.2 Å². The zero-order chi connectivity index (χ0) is 19.7. The van der Waals surface area contributed by atoms with Crippen LogP contribution < -0.4 is 19.7 Å². The Labute approximate surface area is 168 Å². The van der Waals surface area contributed by atoms with Gasteiger partial charge in [-0.25, -0.2) is 0 Å². The number of carbonyl (C=O) groups excluding carboxylic acids is 1. The van der Waals surface area contributed by atoms with Gasteiger partial charge in [0, 0.05) is 6.54 Å². The number of rotatable bonds is 8. The summed E-state index contributed by atoms with van der Waals surface area (Å²) in [4.78, 5) is 13.8. The first kappa shape index (κ1) is 19.6. The Bertz CT molecular complexity index is 683. The summed E-state index contributed by atoms with van der Waals surface area (Å²) in [5.74, 6) is 4.44. The molecule has 5 heteroatoms. The SMILES string of the molecule is COc1cccc(C[NH+](C)CC(=O)NCC23CC4CC(CC(C4)C2)C3)c1OC. The molecule has 0 aromatic heterocycles. The van der Waals surface area contributed by atoms with Crippen molar-refractivity contribution in [1.82, 2.24) is 5.32 Å². The van der Waals surface area contributed by atoms with E-state index in [2.05, 4.69) is 12.4 Å². The summed E-state index contributed by atoms with van der Waals surface area (Å²) in [6.45, 7) is 2.09. The van der Waals surface area contributed by atoms with E-state index < -0.39 is 0 Å². The van der Waals surface area contributed by atoms with E-state index in [9.17, 15) is 4.79 Å². The van der Waals surface area contributed by atoms with Crippen molar-refractivity contribution < 1.29 is 19.2 Å². The number of hydrogen-bond acceptors (Lipinski definition) is 3. The van der Waals surface area contributed by atoms with Crippen molar-refractivity contribution in [3.05, 3.63) is 23.8 Å².